The number of carbonyl (C=O) groups excluding carboxylic acids is 1. The van der Waals surface area contributed by atoms with Crippen molar-refractivity contribution in [3.05, 3.63) is 60.6 Å². The summed E-state index contributed by atoms with van der Waals surface area (Å²) in [4.78, 5) is 25.0. The van der Waals surface area contributed by atoms with Gasteiger partial charge in [-0.15, -0.1) is 0 Å². The van der Waals surface area contributed by atoms with E-state index in [2.05, 4.69) is 30.9 Å². The maximum Gasteiger partial charge on any atom is 0.224 e. The van der Waals surface area contributed by atoms with Gasteiger partial charge in [0.25, 0.3) is 0 Å². The van der Waals surface area contributed by atoms with Crippen LogP contribution in [0.4, 0.5) is 28.8 Å². The Morgan fingerprint density at radius 3 is 2.32 bits per heavy atom. The molecule has 1 aliphatic rings. The molecule has 0 radical (unpaired) electrons. The molecule has 0 unspecified atom stereocenters. The van der Waals surface area contributed by atoms with Crippen LogP contribution >= 0.6 is 0 Å². The Bertz CT molecular complexity index is 1010. The molecule has 1 fully saturated rings. The lowest BCUT2D eigenvalue weighted by Gasteiger charge is -2.11. The molecule has 3 aromatic rings. The van der Waals surface area contributed by atoms with Crippen molar-refractivity contribution >= 4 is 34.7 Å². The van der Waals surface area contributed by atoms with Gasteiger partial charge in [-0.25, -0.2) is 15.0 Å². The molecule has 0 aliphatic heterocycles. The van der Waals surface area contributed by atoms with Gasteiger partial charge in [-0.05, 0) is 61.2 Å². The second-order valence-corrected chi connectivity index (χ2v) is 8.07. The van der Waals surface area contributed by atoms with Crippen molar-refractivity contribution in [2.45, 2.75) is 45.4 Å². The second kappa shape index (κ2) is 10.0. The first-order valence-corrected chi connectivity index (χ1v) is 10.8. The summed E-state index contributed by atoms with van der Waals surface area (Å²) in [6, 6.07) is 13.4. The molecule has 0 saturated heterocycles. The Balaban J connectivity index is 1.30. The monoisotopic (exact) mass is 416 g/mol. The minimum Gasteiger partial charge on any atom is -0.340 e. The summed E-state index contributed by atoms with van der Waals surface area (Å²) in [6.45, 7) is 2.02. The highest BCUT2D eigenvalue weighted by molar-refractivity contribution is 5.90. The zero-order valence-electron chi connectivity index (χ0n) is 17.8. The molecule has 7 nitrogen and oxygen atoms in total. The van der Waals surface area contributed by atoms with E-state index in [0.717, 1.165) is 35.1 Å². The molecule has 3 N–H and O–H groups in total. The predicted molar refractivity (Wildman–Crippen MR) is 124 cm³/mol. The van der Waals surface area contributed by atoms with Crippen LogP contribution in [-0.4, -0.2) is 20.9 Å². The summed E-state index contributed by atoms with van der Waals surface area (Å²) in [5.74, 6) is 2.87. The highest BCUT2D eigenvalue weighted by Crippen LogP contribution is 2.28. The van der Waals surface area contributed by atoms with E-state index in [1.807, 2.05) is 49.4 Å². The lowest BCUT2D eigenvalue weighted by Crippen LogP contribution is -2.12. The molecule has 1 saturated carbocycles. The molecule has 31 heavy (non-hydrogen) atoms. The van der Waals surface area contributed by atoms with Gasteiger partial charge in [0.15, 0.2) is 0 Å². The quantitative estimate of drug-likeness (QED) is 0.444. The lowest BCUT2D eigenvalue weighted by molar-refractivity contribution is -0.116. The van der Waals surface area contributed by atoms with Gasteiger partial charge in [0.2, 0.25) is 5.91 Å². The zero-order chi connectivity index (χ0) is 21.5. The van der Waals surface area contributed by atoms with Gasteiger partial charge in [-0.3, -0.25) is 4.79 Å². The van der Waals surface area contributed by atoms with Crippen LogP contribution in [0.15, 0.2) is 55.0 Å². The van der Waals surface area contributed by atoms with Gasteiger partial charge in [0, 0.05) is 30.1 Å². The molecule has 0 spiro atoms. The van der Waals surface area contributed by atoms with E-state index >= 15 is 0 Å². The normalized spacial score (nSPS) is 13.7. The van der Waals surface area contributed by atoms with Gasteiger partial charge in [0.05, 0.1) is 0 Å². The standard InChI is InChI=1S/C24H28N6O/c1-17-12-13-25-21(14-17)30-23-15-22(26-16-27-23)28-19-7-9-20(10-8-19)29-24(31)11-6-18-4-2-3-5-18/h7-10,12-16,18H,2-6,11H2,1H3,(H,29,31)(H2,25,26,27,28,30). The van der Waals surface area contributed by atoms with Gasteiger partial charge in [-0.1, -0.05) is 25.7 Å². The highest BCUT2D eigenvalue weighted by atomic mass is 16.1. The summed E-state index contributed by atoms with van der Waals surface area (Å²) in [7, 11) is 0. The number of amides is 1. The highest BCUT2D eigenvalue weighted by Gasteiger charge is 2.16. The average molecular weight is 417 g/mol. The van der Waals surface area contributed by atoms with Crippen LogP contribution in [0.3, 0.4) is 0 Å². The Kier molecular flexibility index (Phi) is 6.72. The van der Waals surface area contributed by atoms with Crippen LogP contribution in [0, 0.1) is 12.8 Å². The summed E-state index contributed by atoms with van der Waals surface area (Å²) >= 11 is 0. The van der Waals surface area contributed by atoms with Crippen LogP contribution in [-0.2, 0) is 4.79 Å². The number of rotatable bonds is 8. The largest absolute Gasteiger partial charge is 0.340 e. The smallest absolute Gasteiger partial charge is 0.224 e. The van der Waals surface area contributed by atoms with E-state index in [0.29, 0.717) is 18.1 Å². The van der Waals surface area contributed by atoms with E-state index in [1.165, 1.54) is 32.0 Å². The number of aryl methyl sites for hydroxylation is 1. The fourth-order valence-electron chi connectivity index (χ4n) is 3.87. The number of benzene rings is 1. The number of anilines is 5. The number of hydrogen-bond acceptors (Lipinski definition) is 6. The van der Waals surface area contributed by atoms with E-state index < -0.39 is 0 Å². The van der Waals surface area contributed by atoms with Crippen molar-refractivity contribution in [1.29, 1.82) is 0 Å². The minimum absolute atomic E-state index is 0.0869. The lowest BCUT2D eigenvalue weighted by atomic mass is 10.0. The third-order valence-electron chi connectivity index (χ3n) is 5.53. The van der Waals surface area contributed by atoms with Crippen molar-refractivity contribution < 1.29 is 4.79 Å². The molecule has 2 aromatic heterocycles. The van der Waals surface area contributed by atoms with Crippen molar-refractivity contribution in [2.75, 3.05) is 16.0 Å². The molecule has 0 bridgehead atoms. The molecular weight excluding hydrogens is 388 g/mol. The van der Waals surface area contributed by atoms with Gasteiger partial charge in [0.1, 0.15) is 23.8 Å². The first-order valence-electron chi connectivity index (χ1n) is 10.8. The summed E-state index contributed by atoms with van der Waals surface area (Å²) in [5.41, 5.74) is 2.80. The molecule has 0 atom stereocenters. The molecule has 1 aliphatic carbocycles. The molecule has 2 heterocycles. The van der Waals surface area contributed by atoms with E-state index in [9.17, 15) is 4.79 Å². The zero-order valence-corrected chi connectivity index (χ0v) is 17.8. The Morgan fingerprint density at radius 1 is 0.903 bits per heavy atom. The first kappa shape index (κ1) is 20.8. The van der Waals surface area contributed by atoms with E-state index in [1.54, 1.807) is 6.20 Å². The van der Waals surface area contributed by atoms with Crippen LogP contribution in [0.25, 0.3) is 0 Å². The number of carbonyl (C=O) groups is 1. The van der Waals surface area contributed by atoms with Gasteiger partial charge >= 0.3 is 0 Å². The minimum atomic E-state index is 0.0869. The third-order valence-corrected chi connectivity index (χ3v) is 5.53. The number of pyridine rings is 1. The summed E-state index contributed by atoms with van der Waals surface area (Å²) in [6.07, 6.45) is 10.0. The van der Waals surface area contributed by atoms with Crippen LogP contribution < -0.4 is 16.0 Å². The molecule has 1 amide bonds. The number of nitrogens with zero attached hydrogens (tertiary/aromatic N) is 3. The topological polar surface area (TPSA) is 91.8 Å². The van der Waals surface area contributed by atoms with Crippen LogP contribution in [0.5, 0.6) is 0 Å². The van der Waals surface area contributed by atoms with Crippen molar-refractivity contribution in [2.24, 2.45) is 5.92 Å². The van der Waals surface area contributed by atoms with Gasteiger partial charge in [-0.2, -0.15) is 0 Å². The molecule has 1 aromatic carbocycles. The fraction of sp³-hybridized carbons (Fsp3) is 0.333. The van der Waals surface area contributed by atoms with Crippen LogP contribution in [0.2, 0.25) is 0 Å². The maximum absolute atomic E-state index is 12.2. The van der Waals surface area contributed by atoms with Crippen molar-refractivity contribution in [1.82, 2.24) is 15.0 Å². The number of aromatic nitrogens is 3. The average Bonchev–Trinajstić information content (AvgIpc) is 3.28. The second-order valence-electron chi connectivity index (χ2n) is 8.07. The van der Waals surface area contributed by atoms with E-state index in [-0.39, 0.29) is 5.91 Å². The maximum atomic E-state index is 12.2. The van der Waals surface area contributed by atoms with Crippen molar-refractivity contribution in [3.63, 3.8) is 0 Å². The van der Waals surface area contributed by atoms with Gasteiger partial charge < -0.3 is 16.0 Å². The Hall–Kier alpha value is -3.48. The molecule has 4 rings (SSSR count). The summed E-state index contributed by atoms with van der Waals surface area (Å²) < 4.78 is 0. The molecule has 7 heteroatoms. The Morgan fingerprint density at radius 2 is 1.58 bits per heavy atom. The van der Waals surface area contributed by atoms with Crippen molar-refractivity contribution in [3.8, 4) is 0 Å². The number of nitrogens with one attached hydrogen (secondary N) is 3. The summed E-state index contributed by atoms with van der Waals surface area (Å²) in [5, 5.41) is 9.43. The molecule has 160 valence electrons. The first-order chi connectivity index (χ1) is 15.1. The predicted octanol–water partition coefficient (Wildman–Crippen LogP) is 5.58. The SMILES string of the molecule is Cc1ccnc(Nc2cc(Nc3ccc(NC(=O)CCC4CCCC4)cc3)ncn2)c1. The Labute approximate surface area is 182 Å². The molecular formula is C24H28N6O. The van der Waals surface area contributed by atoms with E-state index in [4.69, 9.17) is 0 Å². The van der Waals surface area contributed by atoms with Crippen LogP contribution in [0.1, 0.15) is 44.1 Å². The fourth-order valence-corrected chi connectivity index (χ4v) is 3.87. The third kappa shape index (κ3) is 6.25. The number of hydrogen-bond donors (Lipinski definition) is 3.